The van der Waals surface area contributed by atoms with E-state index in [-0.39, 0.29) is 30.8 Å². The minimum absolute atomic E-state index is 0.0707. The third-order valence-corrected chi connectivity index (χ3v) is 5.74. The minimum Gasteiger partial charge on any atom is -0.497 e. The van der Waals surface area contributed by atoms with Crippen molar-refractivity contribution in [1.29, 1.82) is 0 Å². The Morgan fingerprint density at radius 3 is 2.64 bits per heavy atom. The average Bonchev–Trinajstić information content (AvgIpc) is 3.47. The molecule has 0 spiro atoms. The van der Waals surface area contributed by atoms with Gasteiger partial charge in [0.15, 0.2) is 5.82 Å². The SMILES string of the molecule is COc1ccc(-n2nnnc2[C@H]2CC[C@@H](CO)N2C(=O)NC2CCCC2)cc1. The molecule has 150 valence electrons. The van der Waals surface area contributed by atoms with Crippen LogP contribution in [0.1, 0.15) is 50.4 Å². The number of aromatic nitrogens is 4. The molecule has 28 heavy (non-hydrogen) atoms. The lowest BCUT2D eigenvalue weighted by Gasteiger charge is -2.30. The highest BCUT2D eigenvalue weighted by molar-refractivity contribution is 5.76. The summed E-state index contributed by atoms with van der Waals surface area (Å²) in [6, 6.07) is 7.00. The maximum Gasteiger partial charge on any atom is 0.318 e. The number of aliphatic hydroxyl groups is 1. The van der Waals surface area contributed by atoms with Gasteiger partial charge in [-0.1, -0.05) is 12.8 Å². The van der Waals surface area contributed by atoms with Gasteiger partial charge in [0.2, 0.25) is 0 Å². The first-order valence-electron chi connectivity index (χ1n) is 9.83. The Kier molecular flexibility index (Phi) is 5.43. The third kappa shape index (κ3) is 3.54. The highest BCUT2D eigenvalue weighted by atomic mass is 16.5. The number of nitrogens with one attached hydrogen (secondary N) is 1. The number of urea groups is 1. The number of ether oxygens (including phenoxy) is 1. The highest BCUT2D eigenvalue weighted by Crippen LogP contribution is 2.36. The molecular weight excluding hydrogens is 360 g/mol. The van der Waals surface area contributed by atoms with Gasteiger partial charge in [-0.3, -0.25) is 0 Å². The fourth-order valence-corrected chi connectivity index (χ4v) is 4.25. The molecule has 0 unspecified atom stereocenters. The Labute approximate surface area is 163 Å². The molecule has 9 nitrogen and oxygen atoms in total. The number of benzene rings is 1. The summed E-state index contributed by atoms with van der Waals surface area (Å²) in [5.74, 6) is 1.35. The number of likely N-dealkylation sites (tertiary alicyclic amines) is 1. The maximum absolute atomic E-state index is 13.0. The summed E-state index contributed by atoms with van der Waals surface area (Å²) >= 11 is 0. The van der Waals surface area contributed by atoms with Crippen molar-refractivity contribution in [2.45, 2.75) is 56.7 Å². The molecule has 2 fully saturated rings. The molecule has 1 saturated heterocycles. The van der Waals surface area contributed by atoms with Crippen LogP contribution in [0.3, 0.4) is 0 Å². The fourth-order valence-electron chi connectivity index (χ4n) is 4.25. The van der Waals surface area contributed by atoms with E-state index in [4.69, 9.17) is 4.74 Å². The summed E-state index contributed by atoms with van der Waals surface area (Å²) < 4.78 is 6.86. The first kappa shape index (κ1) is 18.7. The Bertz CT molecular complexity index is 802. The Balaban J connectivity index is 1.60. The molecule has 2 heterocycles. The molecule has 2 atom stereocenters. The molecule has 0 bridgehead atoms. The van der Waals surface area contributed by atoms with Gasteiger partial charge in [-0.2, -0.15) is 4.68 Å². The van der Waals surface area contributed by atoms with Crippen LogP contribution in [-0.4, -0.2) is 62.0 Å². The number of amides is 2. The number of carbonyl (C=O) groups excluding carboxylic acids is 1. The first-order valence-corrected chi connectivity index (χ1v) is 9.83. The summed E-state index contributed by atoms with van der Waals surface area (Å²) in [6.07, 6.45) is 5.74. The lowest BCUT2D eigenvalue weighted by molar-refractivity contribution is 0.133. The van der Waals surface area contributed by atoms with Crippen molar-refractivity contribution in [3.63, 3.8) is 0 Å². The predicted octanol–water partition coefficient (Wildman–Crippen LogP) is 1.82. The largest absolute Gasteiger partial charge is 0.497 e. The van der Waals surface area contributed by atoms with Crippen LogP contribution < -0.4 is 10.1 Å². The number of carbonyl (C=O) groups is 1. The number of methoxy groups -OCH3 is 1. The Morgan fingerprint density at radius 1 is 1.21 bits per heavy atom. The van der Waals surface area contributed by atoms with E-state index in [1.165, 1.54) is 0 Å². The van der Waals surface area contributed by atoms with E-state index >= 15 is 0 Å². The van der Waals surface area contributed by atoms with Crippen LogP contribution in [0.2, 0.25) is 0 Å². The zero-order valence-corrected chi connectivity index (χ0v) is 16.0. The third-order valence-electron chi connectivity index (χ3n) is 5.74. The summed E-state index contributed by atoms with van der Waals surface area (Å²) in [5.41, 5.74) is 0.796. The Morgan fingerprint density at radius 2 is 1.96 bits per heavy atom. The second-order valence-electron chi connectivity index (χ2n) is 7.41. The molecule has 1 aliphatic carbocycles. The summed E-state index contributed by atoms with van der Waals surface area (Å²) in [5, 5.41) is 25.1. The number of hydrogen-bond donors (Lipinski definition) is 2. The van der Waals surface area contributed by atoms with Crippen molar-refractivity contribution in [3.8, 4) is 11.4 Å². The van der Waals surface area contributed by atoms with Gasteiger partial charge in [0.05, 0.1) is 31.5 Å². The maximum atomic E-state index is 13.0. The van der Waals surface area contributed by atoms with Gasteiger partial charge in [0.25, 0.3) is 0 Å². The van der Waals surface area contributed by atoms with Crippen molar-refractivity contribution in [3.05, 3.63) is 30.1 Å². The van der Waals surface area contributed by atoms with Gasteiger partial charge in [0, 0.05) is 6.04 Å². The zero-order chi connectivity index (χ0) is 19.5. The van der Waals surface area contributed by atoms with E-state index in [0.717, 1.165) is 37.1 Å². The minimum atomic E-state index is -0.282. The van der Waals surface area contributed by atoms with Crippen LogP contribution >= 0.6 is 0 Å². The second-order valence-corrected chi connectivity index (χ2v) is 7.41. The second kappa shape index (κ2) is 8.14. The zero-order valence-electron chi connectivity index (χ0n) is 16.0. The number of rotatable bonds is 5. The smallest absolute Gasteiger partial charge is 0.318 e. The van der Waals surface area contributed by atoms with Crippen LogP contribution in [0.4, 0.5) is 4.79 Å². The van der Waals surface area contributed by atoms with E-state index in [2.05, 4.69) is 20.8 Å². The van der Waals surface area contributed by atoms with Crippen molar-refractivity contribution in [2.75, 3.05) is 13.7 Å². The lowest BCUT2D eigenvalue weighted by atomic mass is 10.2. The van der Waals surface area contributed by atoms with Crippen molar-refractivity contribution in [1.82, 2.24) is 30.4 Å². The molecule has 2 N–H and O–H groups in total. The normalized spacial score (nSPS) is 22.6. The van der Waals surface area contributed by atoms with E-state index in [1.807, 2.05) is 24.3 Å². The molecule has 1 saturated carbocycles. The first-order chi connectivity index (χ1) is 13.7. The molecule has 1 aromatic heterocycles. The Hall–Kier alpha value is -2.68. The van der Waals surface area contributed by atoms with Crippen LogP contribution in [0, 0.1) is 0 Å². The van der Waals surface area contributed by atoms with Gasteiger partial charge in [-0.05, 0) is 60.4 Å². The van der Waals surface area contributed by atoms with Crippen molar-refractivity contribution in [2.24, 2.45) is 0 Å². The molecule has 2 aliphatic rings. The van der Waals surface area contributed by atoms with Crippen molar-refractivity contribution < 1.29 is 14.6 Å². The summed E-state index contributed by atoms with van der Waals surface area (Å²) in [6.45, 7) is -0.0707. The van der Waals surface area contributed by atoms with Crippen LogP contribution in [0.25, 0.3) is 5.69 Å². The molecule has 2 aromatic rings. The summed E-state index contributed by atoms with van der Waals surface area (Å²) in [7, 11) is 1.62. The van der Waals surface area contributed by atoms with E-state index in [1.54, 1.807) is 16.7 Å². The van der Waals surface area contributed by atoms with E-state index in [0.29, 0.717) is 18.7 Å². The number of nitrogens with zero attached hydrogens (tertiary/aromatic N) is 5. The van der Waals surface area contributed by atoms with Crippen LogP contribution in [0.5, 0.6) is 5.75 Å². The van der Waals surface area contributed by atoms with Crippen LogP contribution in [0.15, 0.2) is 24.3 Å². The van der Waals surface area contributed by atoms with E-state index in [9.17, 15) is 9.90 Å². The topological polar surface area (TPSA) is 105 Å². The number of tetrazole rings is 1. The quantitative estimate of drug-likeness (QED) is 0.812. The van der Waals surface area contributed by atoms with E-state index < -0.39 is 0 Å². The highest BCUT2D eigenvalue weighted by Gasteiger charge is 2.41. The number of hydrogen-bond acceptors (Lipinski definition) is 6. The van der Waals surface area contributed by atoms with Gasteiger partial charge < -0.3 is 20.1 Å². The van der Waals surface area contributed by atoms with Gasteiger partial charge in [0.1, 0.15) is 5.75 Å². The molecule has 1 aliphatic heterocycles. The van der Waals surface area contributed by atoms with Gasteiger partial charge in [-0.25, -0.2) is 4.79 Å². The summed E-state index contributed by atoms with van der Waals surface area (Å²) in [4.78, 5) is 14.7. The molecule has 0 radical (unpaired) electrons. The molecule has 1 aromatic carbocycles. The lowest BCUT2D eigenvalue weighted by Crippen LogP contribution is -2.48. The van der Waals surface area contributed by atoms with Crippen molar-refractivity contribution >= 4 is 6.03 Å². The molecule has 2 amide bonds. The molecular formula is C19H26N6O3. The van der Waals surface area contributed by atoms with Gasteiger partial charge in [-0.15, -0.1) is 5.10 Å². The van der Waals surface area contributed by atoms with Crippen LogP contribution in [-0.2, 0) is 0 Å². The standard InChI is InChI=1S/C19H26N6O3/c1-28-16-9-6-14(7-10-16)25-18(21-22-23-25)17-11-8-15(12-26)24(17)19(27)20-13-4-2-3-5-13/h6-7,9-10,13,15,17,26H,2-5,8,11-12H2,1H3,(H,20,27)/t15-,17+/m0/s1. The van der Waals surface area contributed by atoms with Gasteiger partial charge >= 0.3 is 6.03 Å². The molecule has 9 heteroatoms. The fraction of sp³-hybridized carbons (Fsp3) is 0.579. The average molecular weight is 386 g/mol. The number of aliphatic hydroxyl groups excluding tert-OH is 1. The monoisotopic (exact) mass is 386 g/mol. The molecule has 4 rings (SSSR count). The predicted molar refractivity (Wildman–Crippen MR) is 101 cm³/mol.